The summed E-state index contributed by atoms with van der Waals surface area (Å²) >= 11 is 1.83. The molecule has 8 heteroatoms. The number of carbonyl (C=O) groups is 1. The Morgan fingerprint density at radius 1 is 1.39 bits per heavy atom. The number of amides is 1. The SMILES string of the molecule is CN(Cc1ccc(OC(F)(F)F)cc1)C(=O)CC1CSCCN1. The lowest BCUT2D eigenvalue weighted by atomic mass is 10.1. The molecule has 0 radical (unpaired) electrons. The number of nitrogens with zero attached hydrogens (tertiary/aromatic N) is 1. The molecule has 1 saturated heterocycles. The fraction of sp³-hybridized carbons (Fsp3) is 0.533. The number of hydrogen-bond donors (Lipinski definition) is 1. The third-order valence-corrected chi connectivity index (χ3v) is 4.55. The van der Waals surface area contributed by atoms with Gasteiger partial charge >= 0.3 is 6.36 Å². The lowest BCUT2D eigenvalue weighted by molar-refractivity contribution is -0.274. The number of carbonyl (C=O) groups excluding carboxylic acids is 1. The van der Waals surface area contributed by atoms with Crippen LogP contribution in [0.2, 0.25) is 0 Å². The number of halogens is 3. The highest BCUT2D eigenvalue weighted by molar-refractivity contribution is 7.99. The molecule has 4 nitrogen and oxygen atoms in total. The van der Waals surface area contributed by atoms with E-state index < -0.39 is 6.36 Å². The molecule has 1 aliphatic rings. The molecule has 1 fully saturated rings. The van der Waals surface area contributed by atoms with Crippen molar-refractivity contribution in [3.63, 3.8) is 0 Å². The van der Waals surface area contributed by atoms with Gasteiger partial charge in [-0.25, -0.2) is 0 Å². The molecule has 1 amide bonds. The molecule has 0 bridgehead atoms. The Hall–Kier alpha value is -1.41. The number of thioether (sulfide) groups is 1. The molecule has 1 atom stereocenters. The van der Waals surface area contributed by atoms with Gasteiger partial charge < -0.3 is 15.0 Å². The third kappa shape index (κ3) is 6.31. The Kier molecular flexibility index (Phi) is 6.17. The van der Waals surface area contributed by atoms with E-state index in [2.05, 4.69) is 10.1 Å². The van der Waals surface area contributed by atoms with Crippen molar-refractivity contribution < 1.29 is 22.7 Å². The van der Waals surface area contributed by atoms with Gasteiger partial charge in [-0.15, -0.1) is 13.2 Å². The highest BCUT2D eigenvalue weighted by Gasteiger charge is 2.31. The second-order valence-corrected chi connectivity index (χ2v) is 6.52. The van der Waals surface area contributed by atoms with E-state index in [1.165, 1.54) is 24.3 Å². The predicted octanol–water partition coefficient (Wildman–Crippen LogP) is 2.64. The van der Waals surface area contributed by atoms with Crippen LogP contribution in [0.25, 0.3) is 0 Å². The topological polar surface area (TPSA) is 41.6 Å². The van der Waals surface area contributed by atoms with E-state index in [0.29, 0.717) is 13.0 Å². The Labute approximate surface area is 137 Å². The van der Waals surface area contributed by atoms with Gasteiger partial charge in [0.15, 0.2) is 0 Å². The van der Waals surface area contributed by atoms with Gasteiger partial charge in [-0.1, -0.05) is 12.1 Å². The van der Waals surface area contributed by atoms with E-state index in [9.17, 15) is 18.0 Å². The van der Waals surface area contributed by atoms with Gasteiger partial charge in [0, 0.05) is 44.1 Å². The van der Waals surface area contributed by atoms with Gasteiger partial charge in [0.25, 0.3) is 0 Å². The largest absolute Gasteiger partial charge is 0.573 e. The molecule has 0 spiro atoms. The van der Waals surface area contributed by atoms with Gasteiger partial charge in [0.2, 0.25) is 5.91 Å². The summed E-state index contributed by atoms with van der Waals surface area (Å²) in [5, 5.41) is 3.31. The summed E-state index contributed by atoms with van der Waals surface area (Å²) in [7, 11) is 1.69. The molecular weight excluding hydrogens is 329 g/mol. The van der Waals surface area contributed by atoms with Crippen molar-refractivity contribution in [1.82, 2.24) is 10.2 Å². The average molecular weight is 348 g/mol. The summed E-state index contributed by atoms with van der Waals surface area (Å²) in [6.45, 7) is 1.26. The molecule has 0 aromatic heterocycles. The molecule has 2 rings (SSSR count). The van der Waals surface area contributed by atoms with Crippen LogP contribution in [0.15, 0.2) is 24.3 Å². The maximum atomic E-state index is 12.2. The van der Waals surface area contributed by atoms with Crippen molar-refractivity contribution in [3.05, 3.63) is 29.8 Å². The van der Waals surface area contributed by atoms with Crippen LogP contribution in [-0.4, -0.2) is 48.3 Å². The lowest BCUT2D eigenvalue weighted by Gasteiger charge is -2.25. The smallest absolute Gasteiger partial charge is 0.406 e. The normalized spacial score (nSPS) is 18.5. The first-order chi connectivity index (χ1) is 10.8. The summed E-state index contributed by atoms with van der Waals surface area (Å²) in [6, 6.07) is 5.74. The van der Waals surface area contributed by atoms with Gasteiger partial charge in [-0.3, -0.25) is 4.79 Å². The van der Waals surface area contributed by atoms with Gasteiger partial charge in [0.1, 0.15) is 5.75 Å². The summed E-state index contributed by atoms with van der Waals surface area (Å²) in [4.78, 5) is 13.8. The van der Waals surface area contributed by atoms with E-state index in [1.807, 2.05) is 11.8 Å². The van der Waals surface area contributed by atoms with Crippen molar-refractivity contribution in [2.45, 2.75) is 25.4 Å². The Bertz CT molecular complexity index is 516. The van der Waals surface area contributed by atoms with Crippen LogP contribution in [0.1, 0.15) is 12.0 Å². The van der Waals surface area contributed by atoms with Crippen LogP contribution >= 0.6 is 11.8 Å². The first-order valence-electron chi connectivity index (χ1n) is 7.23. The first-order valence-corrected chi connectivity index (χ1v) is 8.39. The van der Waals surface area contributed by atoms with Gasteiger partial charge in [-0.05, 0) is 17.7 Å². The fourth-order valence-electron chi connectivity index (χ4n) is 2.28. The summed E-state index contributed by atoms with van der Waals surface area (Å²) < 4.78 is 40.1. The number of alkyl halides is 3. The zero-order chi connectivity index (χ0) is 16.9. The maximum Gasteiger partial charge on any atom is 0.573 e. The number of ether oxygens (including phenoxy) is 1. The van der Waals surface area contributed by atoms with Crippen molar-refractivity contribution >= 4 is 17.7 Å². The monoisotopic (exact) mass is 348 g/mol. The summed E-state index contributed by atoms with van der Waals surface area (Å²) in [5.74, 6) is 1.73. The Morgan fingerprint density at radius 3 is 2.65 bits per heavy atom. The molecular formula is C15H19F3N2O2S. The van der Waals surface area contributed by atoms with Crippen LogP contribution in [0.3, 0.4) is 0 Å². The van der Waals surface area contributed by atoms with Gasteiger partial charge in [0.05, 0.1) is 0 Å². The predicted molar refractivity (Wildman–Crippen MR) is 83.3 cm³/mol. The molecule has 1 heterocycles. The molecule has 0 aliphatic carbocycles. The number of rotatable bonds is 5. The Morgan fingerprint density at radius 2 is 2.09 bits per heavy atom. The minimum absolute atomic E-state index is 0.0145. The minimum atomic E-state index is -4.70. The maximum absolute atomic E-state index is 12.2. The summed E-state index contributed by atoms with van der Waals surface area (Å²) in [6.07, 6.45) is -4.27. The van der Waals surface area contributed by atoms with E-state index in [4.69, 9.17) is 0 Å². The van der Waals surface area contributed by atoms with Crippen LogP contribution in [-0.2, 0) is 11.3 Å². The van der Waals surface area contributed by atoms with Crippen molar-refractivity contribution in [2.24, 2.45) is 0 Å². The van der Waals surface area contributed by atoms with E-state index in [1.54, 1.807) is 11.9 Å². The van der Waals surface area contributed by atoms with Crippen LogP contribution < -0.4 is 10.1 Å². The van der Waals surface area contributed by atoms with Crippen molar-refractivity contribution in [2.75, 3.05) is 25.1 Å². The zero-order valence-corrected chi connectivity index (χ0v) is 13.5. The highest BCUT2D eigenvalue weighted by atomic mass is 32.2. The number of hydrogen-bond acceptors (Lipinski definition) is 4. The second-order valence-electron chi connectivity index (χ2n) is 5.37. The first kappa shape index (κ1) is 17.9. The minimum Gasteiger partial charge on any atom is -0.406 e. The van der Waals surface area contributed by atoms with Crippen molar-refractivity contribution in [1.29, 1.82) is 0 Å². The highest BCUT2D eigenvalue weighted by Crippen LogP contribution is 2.23. The molecule has 1 aromatic rings. The van der Waals surface area contributed by atoms with Crippen LogP contribution in [0.5, 0.6) is 5.75 Å². The van der Waals surface area contributed by atoms with E-state index in [-0.39, 0.29) is 17.7 Å². The lowest BCUT2D eigenvalue weighted by Crippen LogP contribution is -2.41. The number of benzene rings is 1. The van der Waals surface area contributed by atoms with E-state index in [0.717, 1.165) is 23.6 Å². The zero-order valence-electron chi connectivity index (χ0n) is 12.7. The summed E-state index contributed by atoms with van der Waals surface area (Å²) in [5.41, 5.74) is 0.751. The number of nitrogens with one attached hydrogen (secondary N) is 1. The van der Waals surface area contributed by atoms with Crippen molar-refractivity contribution in [3.8, 4) is 5.75 Å². The standard InChI is InChI=1S/C15H19F3N2O2S/c1-20(14(21)8-12-10-23-7-6-19-12)9-11-2-4-13(5-3-11)22-15(16,17)18/h2-5,12,19H,6-10H2,1H3. The average Bonchev–Trinajstić information content (AvgIpc) is 2.48. The molecule has 23 heavy (non-hydrogen) atoms. The van der Waals surface area contributed by atoms with Crippen LogP contribution in [0, 0.1) is 0 Å². The molecule has 1 N–H and O–H groups in total. The Balaban J connectivity index is 1.84. The van der Waals surface area contributed by atoms with Gasteiger partial charge in [-0.2, -0.15) is 11.8 Å². The fourth-order valence-corrected chi connectivity index (χ4v) is 3.23. The molecule has 1 aromatic carbocycles. The quantitative estimate of drug-likeness (QED) is 0.888. The molecule has 128 valence electrons. The van der Waals surface area contributed by atoms with Crippen LogP contribution in [0.4, 0.5) is 13.2 Å². The molecule has 1 unspecified atom stereocenters. The molecule has 0 saturated carbocycles. The third-order valence-electron chi connectivity index (χ3n) is 3.42. The van der Waals surface area contributed by atoms with E-state index >= 15 is 0 Å². The molecule has 1 aliphatic heterocycles. The second kappa shape index (κ2) is 7.92.